The van der Waals surface area contributed by atoms with Crippen LogP contribution in [0.5, 0.6) is 0 Å². The number of benzene rings is 2. The highest BCUT2D eigenvalue weighted by molar-refractivity contribution is 7.13. The summed E-state index contributed by atoms with van der Waals surface area (Å²) in [7, 11) is 0. The number of amides is 2. The number of nitrogens with one attached hydrogen (secondary N) is 1. The summed E-state index contributed by atoms with van der Waals surface area (Å²) in [4.78, 5) is 30.6. The van der Waals surface area contributed by atoms with Gasteiger partial charge in [0.2, 0.25) is 11.8 Å². The van der Waals surface area contributed by atoms with E-state index in [2.05, 4.69) is 29.4 Å². The average Bonchev–Trinajstić information content (AvgIpc) is 3.31. The van der Waals surface area contributed by atoms with Crippen molar-refractivity contribution >= 4 is 34.5 Å². The molecule has 1 fully saturated rings. The summed E-state index contributed by atoms with van der Waals surface area (Å²) in [6.45, 7) is 2.81. The Morgan fingerprint density at radius 1 is 1.21 bits per heavy atom. The van der Waals surface area contributed by atoms with Crippen molar-refractivity contribution in [1.82, 2.24) is 4.98 Å². The number of carbonyl (C=O) groups excluding carboxylic acids is 2. The van der Waals surface area contributed by atoms with Crippen LogP contribution in [0.3, 0.4) is 0 Å². The highest BCUT2D eigenvalue weighted by Crippen LogP contribution is 2.25. The SMILES string of the molecule is Cc1cccc(-c2nc(CC(=O)Nc3ccc(N4CCCC4=O)cc3)cs2)c1. The van der Waals surface area contributed by atoms with Crippen LogP contribution < -0.4 is 10.2 Å². The molecule has 0 spiro atoms. The van der Waals surface area contributed by atoms with Gasteiger partial charge in [-0.15, -0.1) is 11.3 Å². The third-order valence-electron chi connectivity index (χ3n) is 4.69. The molecule has 142 valence electrons. The molecule has 4 rings (SSSR count). The van der Waals surface area contributed by atoms with Crippen LogP contribution in [0.1, 0.15) is 24.1 Å². The van der Waals surface area contributed by atoms with E-state index < -0.39 is 0 Å². The molecule has 1 N–H and O–H groups in total. The topological polar surface area (TPSA) is 62.3 Å². The van der Waals surface area contributed by atoms with Crippen molar-refractivity contribution in [2.45, 2.75) is 26.2 Å². The van der Waals surface area contributed by atoms with Crippen molar-refractivity contribution in [3.05, 3.63) is 65.2 Å². The molecule has 2 amide bonds. The van der Waals surface area contributed by atoms with E-state index in [1.54, 1.807) is 16.2 Å². The molecule has 0 bridgehead atoms. The zero-order valence-electron chi connectivity index (χ0n) is 15.6. The molecule has 1 aliphatic rings. The highest BCUT2D eigenvalue weighted by atomic mass is 32.1. The van der Waals surface area contributed by atoms with E-state index in [0.29, 0.717) is 6.42 Å². The fraction of sp³-hybridized carbons (Fsp3) is 0.227. The van der Waals surface area contributed by atoms with Crippen LogP contribution in [-0.4, -0.2) is 23.3 Å². The van der Waals surface area contributed by atoms with Gasteiger partial charge in [0, 0.05) is 35.3 Å². The molecule has 3 aromatic rings. The molecular formula is C22H21N3O2S. The number of anilines is 2. The summed E-state index contributed by atoms with van der Waals surface area (Å²) in [5, 5.41) is 5.75. The summed E-state index contributed by atoms with van der Waals surface area (Å²) in [5.74, 6) is 0.0517. The lowest BCUT2D eigenvalue weighted by Crippen LogP contribution is -2.23. The fourth-order valence-electron chi connectivity index (χ4n) is 3.31. The molecule has 0 radical (unpaired) electrons. The quantitative estimate of drug-likeness (QED) is 0.700. The predicted octanol–water partition coefficient (Wildman–Crippen LogP) is 4.43. The molecule has 0 saturated carbocycles. The first-order valence-electron chi connectivity index (χ1n) is 9.30. The molecule has 5 nitrogen and oxygen atoms in total. The first-order chi connectivity index (χ1) is 13.6. The number of thiazole rings is 1. The second kappa shape index (κ2) is 7.94. The summed E-state index contributed by atoms with van der Waals surface area (Å²) in [6.07, 6.45) is 1.74. The van der Waals surface area contributed by atoms with Gasteiger partial charge in [-0.05, 0) is 43.7 Å². The van der Waals surface area contributed by atoms with Crippen LogP contribution in [0.2, 0.25) is 0 Å². The predicted molar refractivity (Wildman–Crippen MR) is 113 cm³/mol. The van der Waals surface area contributed by atoms with Gasteiger partial charge in [0.25, 0.3) is 0 Å². The van der Waals surface area contributed by atoms with Gasteiger partial charge in [0.1, 0.15) is 5.01 Å². The Morgan fingerprint density at radius 2 is 2.04 bits per heavy atom. The highest BCUT2D eigenvalue weighted by Gasteiger charge is 2.21. The Balaban J connectivity index is 1.37. The minimum Gasteiger partial charge on any atom is -0.326 e. The molecule has 0 aliphatic carbocycles. The van der Waals surface area contributed by atoms with E-state index in [1.165, 1.54) is 5.56 Å². The number of hydrogen-bond donors (Lipinski definition) is 1. The van der Waals surface area contributed by atoms with Gasteiger partial charge in [-0.25, -0.2) is 4.98 Å². The van der Waals surface area contributed by atoms with Crippen LogP contribution in [0, 0.1) is 6.92 Å². The summed E-state index contributed by atoms with van der Waals surface area (Å²) in [5.41, 5.74) is 4.62. The van der Waals surface area contributed by atoms with E-state index in [1.807, 2.05) is 41.8 Å². The zero-order chi connectivity index (χ0) is 19.5. The maximum Gasteiger partial charge on any atom is 0.230 e. The first-order valence-corrected chi connectivity index (χ1v) is 10.2. The molecule has 2 heterocycles. The van der Waals surface area contributed by atoms with Crippen molar-refractivity contribution in [2.24, 2.45) is 0 Å². The van der Waals surface area contributed by atoms with E-state index in [0.717, 1.165) is 40.6 Å². The third-order valence-corrected chi connectivity index (χ3v) is 5.63. The normalized spacial score (nSPS) is 13.8. The van der Waals surface area contributed by atoms with Crippen molar-refractivity contribution in [3.63, 3.8) is 0 Å². The smallest absolute Gasteiger partial charge is 0.230 e. The maximum atomic E-state index is 12.4. The number of aryl methyl sites for hydroxylation is 1. The van der Waals surface area contributed by atoms with Crippen molar-refractivity contribution in [3.8, 4) is 10.6 Å². The Labute approximate surface area is 168 Å². The zero-order valence-corrected chi connectivity index (χ0v) is 16.5. The van der Waals surface area contributed by atoms with E-state index in [9.17, 15) is 9.59 Å². The van der Waals surface area contributed by atoms with Crippen molar-refractivity contribution < 1.29 is 9.59 Å². The van der Waals surface area contributed by atoms with Gasteiger partial charge in [0.05, 0.1) is 12.1 Å². The van der Waals surface area contributed by atoms with Gasteiger partial charge in [-0.1, -0.05) is 23.8 Å². The Bertz CT molecular complexity index is 1010. The lowest BCUT2D eigenvalue weighted by molar-refractivity contribution is -0.117. The largest absolute Gasteiger partial charge is 0.326 e. The number of aromatic nitrogens is 1. The van der Waals surface area contributed by atoms with Crippen LogP contribution in [-0.2, 0) is 16.0 Å². The van der Waals surface area contributed by atoms with Gasteiger partial charge in [0.15, 0.2) is 0 Å². The van der Waals surface area contributed by atoms with Crippen molar-refractivity contribution in [1.29, 1.82) is 0 Å². The van der Waals surface area contributed by atoms with Crippen LogP contribution in [0.25, 0.3) is 10.6 Å². The Morgan fingerprint density at radius 3 is 2.75 bits per heavy atom. The number of rotatable bonds is 5. The standard InChI is InChI=1S/C22H21N3O2S/c1-15-4-2-5-16(12-15)22-24-18(14-28-22)13-20(26)23-17-7-9-19(10-8-17)25-11-3-6-21(25)27/h2,4-5,7-10,12,14H,3,6,11,13H2,1H3,(H,23,26). The van der Waals surface area contributed by atoms with Crippen LogP contribution in [0.15, 0.2) is 53.9 Å². The van der Waals surface area contributed by atoms with Gasteiger partial charge >= 0.3 is 0 Å². The molecule has 0 unspecified atom stereocenters. The second-order valence-corrected chi connectivity index (χ2v) is 7.79. The molecule has 1 aromatic heterocycles. The fourth-order valence-corrected chi connectivity index (χ4v) is 4.13. The Hall–Kier alpha value is -2.99. The van der Waals surface area contributed by atoms with E-state index in [-0.39, 0.29) is 18.2 Å². The van der Waals surface area contributed by atoms with Crippen LogP contribution in [0.4, 0.5) is 11.4 Å². The lowest BCUT2D eigenvalue weighted by Gasteiger charge is -2.16. The number of carbonyl (C=O) groups is 2. The molecule has 2 aromatic carbocycles. The summed E-state index contributed by atoms with van der Waals surface area (Å²) in [6, 6.07) is 15.6. The Kier molecular flexibility index (Phi) is 5.21. The maximum absolute atomic E-state index is 12.4. The monoisotopic (exact) mass is 391 g/mol. The van der Waals surface area contributed by atoms with Gasteiger partial charge in [-0.2, -0.15) is 0 Å². The van der Waals surface area contributed by atoms with Crippen molar-refractivity contribution in [2.75, 3.05) is 16.8 Å². The summed E-state index contributed by atoms with van der Waals surface area (Å²) < 4.78 is 0. The minimum atomic E-state index is -0.105. The average molecular weight is 391 g/mol. The van der Waals surface area contributed by atoms with E-state index >= 15 is 0 Å². The van der Waals surface area contributed by atoms with Crippen LogP contribution >= 0.6 is 11.3 Å². The molecular weight excluding hydrogens is 370 g/mol. The number of hydrogen-bond acceptors (Lipinski definition) is 4. The van der Waals surface area contributed by atoms with E-state index in [4.69, 9.17) is 0 Å². The molecule has 28 heavy (non-hydrogen) atoms. The molecule has 1 saturated heterocycles. The van der Waals surface area contributed by atoms with Gasteiger partial charge < -0.3 is 10.2 Å². The lowest BCUT2D eigenvalue weighted by atomic mass is 10.1. The molecule has 0 atom stereocenters. The third kappa shape index (κ3) is 4.12. The summed E-state index contributed by atoms with van der Waals surface area (Å²) >= 11 is 1.55. The molecule has 6 heteroatoms. The number of nitrogens with zero attached hydrogens (tertiary/aromatic N) is 2. The van der Waals surface area contributed by atoms with Gasteiger partial charge in [-0.3, -0.25) is 9.59 Å². The first kappa shape index (κ1) is 18.4. The minimum absolute atomic E-state index is 0.105. The molecule has 1 aliphatic heterocycles. The second-order valence-electron chi connectivity index (χ2n) is 6.93.